The van der Waals surface area contributed by atoms with Crippen LogP contribution in [0, 0.1) is 6.92 Å². The molecule has 3 nitrogen and oxygen atoms in total. The van der Waals surface area contributed by atoms with Crippen LogP contribution in [0.1, 0.15) is 24.1 Å². The summed E-state index contributed by atoms with van der Waals surface area (Å²) < 4.78 is 5.20. The molecule has 1 atom stereocenters. The van der Waals surface area contributed by atoms with Crippen molar-refractivity contribution in [2.75, 3.05) is 0 Å². The van der Waals surface area contributed by atoms with Gasteiger partial charge in [0.2, 0.25) is 0 Å². The van der Waals surface area contributed by atoms with Gasteiger partial charge in [0.25, 0.3) is 0 Å². The SMILES string of the molecule is Cc1ccccc1C(C)NC(=O)Oc1ccccc1. The second-order valence-electron chi connectivity index (χ2n) is 4.43. The second-order valence-corrected chi connectivity index (χ2v) is 4.43. The zero-order valence-corrected chi connectivity index (χ0v) is 11.1. The van der Waals surface area contributed by atoms with Crippen LogP contribution >= 0.6 is 0 Å². The van der Waals surface area contributed by atoms with Crippen LogP contribution in [0.4, 0.5) is 4.79 Å². The van der Waals surface area contributed by atoms with Gasteiger partial charge in [-0.2, -0.15) is 0 Å². The Kier molecular flexibility index (Phi) is 4.18. The van der Waals surface area contributed by atoms with E-state index in [0.717, 1.165) is 11.1 Å². The van der Waals surface area contributed by atoms with Crippen LogP contribution in [0.5, 0.6) is 5.75 Å². The van der Waals surface area contributed by atoms with Crippen molar-refractivity contribution < 1.29 is 9.53 Å². The van der Waals surface area contributed by atoms with E-state index in [1.165, 1.54) is 0 Å². The molecule has 2 aromatic rings. The van der Waals surface area contributed by atoms with Crippen LogP contribution in [-0.4, -0.2) is 6.09 Å². The highest BCUT2D eigenvalue weighted by molar-refractivity contribution is 5.70. The molecule has 1 amide bonds. The van der Waals surface area contributed by atoms with Crippen molar-refractivity contribution in [1.82, 2.24) is 5.32 Å². The molecule has 0 aliphatic heterocycles. The summed E-state index contributed by atoms with van der Waals surface area (Å²) in [6.07, 6.45) is -0.443. The average Bonchev–Trinajstić information content (AvgIpc) is 2.40. The third-order valence-corrected chi connectivity index (χ3v) is 2.94. The smallest absolute Gasteiger partial charge is 0.410 e. The van der Waals surface area contributed by atoms with E-state index in [-0.39, 0.29) is 6.04 Å². The molecule has 0 aliphatic rings. The molecule has 19 heavy (non-hydrogen) atoms. The molecular formula is C16H17NO2. The molecule has 0 spiro atoms. The summed E-state index contributed by atoms with van der Waals surface area (Å²) in [7, 11) is 0. The monoisotopic (exact) mass is 255 g/mol. The first-order valence-corrected chi connectivity index (χ1v) is 6.26. The van der Waals surface area contributed by atoms with Crippen LogP contribution in [0.25, 0.3) is 0 Å². The first kappa shape index (κ1) is 13.1. The van der Waals surface area contributed by atoms with Crippen molar-refractivity contribution in [3.63, 3.8) is 0 Å². The van der Waals surface area contributed by atoms with Crippen molar-refractivity contribution >= 4 is 6.09 Å². The van der Waals surface area contributed by atoms with Gasteiger partial charge in [0.05, 0.1) is 6.04 Å². The van der Waals surface area contributed by atoms with E-state index in [2.05, 4.69) is 5.32 Å². The van der Waals surface area contributed by atoms with Crippen LogP contribution in [0.3, 0.4) is 0 Å². The molecule has 1 N–H and O–H groups in total. The van der Waals surface area contributed by atoms with Crippen molar-refractivity contribution in [3.8, 4) is 5.75 Å². The maximum Gasteiger partial charge on any atom is 0.413 e. The van der Waals surface area contributed by atoms with Crippen molar-refractivity contribution in [1.29, 1.82) is 0 Å². The Morgan fingerprint density at radius 1 is 1.05 bits per heavy atom. The summed E-state index contributed by atoms with van der Waals surface area (Å²) in [5, 5.41) is 2.82. The highest BCUT2D eigenvalue weighted by Gasteiger charge is 2.12. The largest absolute Gasteiger partial charge is 0.413 e. The minimum Gasteiger partial charge on any atom is -0.410 e. The first-order valence-electron chi connectivity index (χ1n) is 6.26. The van der Waals surface area contributed by atoms with E-state index in [4.69, 9.17) is 4.74 Å². The summed E-state index contributed by atoms with van der Waals surface area (Å²) >= 11 is 0. The van der Waals surface area contributed by atoms with E-state index >= 15 is 0 Å². The zero-order chi connectivity index (χ0) is 13.7. The Labute approximate surface area is 113 Å². The molecule has 0 heterocycles. The molecule has 0 fully saturated rings. The Morgan fingerprint density at radius 2 is 1.68 bits per heavy atom. The second kappa shape index (κ2) is 6.05. The number of ether oxygens (including phenoxy) is 1. The van der Waals surface area contributed by atoms with Gasteiger partial charge in [-0.15, -0.1) is 0 Å². The molecule has 0 bridgehead atoms. The average molecular weight is 255 g/mol. The van der Waals surface area contributed by atoms with Crippen molar-refractivity contribution in [2.45, 2.75) is 19.9 Å². The highest BCUT2D eigenvalue weighted by atomic mass is 16.6. The Morgan fingerprint density at radius 3 is 2.37 bits per heavy atom. The number of para-hydroxylation sites is 1. The van der Waals surface area contributed by atoms with Gasteiger partial charge < -0.3 is 10.1 Å². The molecule has 2 rings (SSSR count). The van der Waals surface area contributed by atoms with Gasteiger partial charge in [0, 0.05) is 0 Å². The predicted octanol–water partition coefficient (Wildman–Crippen LogP) is 3.84. The molecule has 3 heteroatoms. The lowest BCUT2D eigenvalue weighted by Gasteiger charge is -2.16. The van der Waals surface area contributed by atoms with Gasteiger partial charge >= 0.3 is 6.09 Å². The number of nitrogens with one attached hydrogen (secondary N) is 1. The molecule has 0 aromatic heterocycles. The minimum atomic E-state index is -0.443. The molecule has 0 radical (unpaired) electrons. The number of benzene rings is 2. The van der Waals surface area contributed by atoms with Crippen LogP contribution in [-0.2, 0) is 0 Å². The summed E-state index contributed by atoms with van der Waals surface area (Å²) in [5.41, 5.74) is 2.24. The quantitative estimate of drug-likeness (QED) is 0.904. The minimum absolute atomic E-state index is 0.0857. The van der Waals surface area contributed by atoms with E-state index in [9.17, 15) is 4.79 Å². The standard InChI is InChI=1S/C16H17NO2/c1-12-8-6-7-11-15(12)13(2)17-16(18)19-14-9-4-3-5-10-14/h3-11,13H,1-2H3,(H,17,18). The highest BCUT2D eigenvalue weighted by Crippen LogP contribution is 2.17. The van der Waals surface area contributed by atoms with Gasteiger partial charge in [0.15, 0.2) is 0 Å². The molecule has 0 saturated carbocycles. The van der Waals surface area contributed by atoms with Gasteiger partial charge in [-0.1, -0.05) is 42.5 Å². The van der Waals surface area contributed by atoms with Gasteiger partial charge in [-0.05, 0) is 37.1 Å². The van der Waals surface area contributed by atoms with Crippen molar-refractivity contribution in [2.24, 2.45) is 0 Å². The maximum absolute atomic E-state index is 11.8. The third kappa shape index (κ3) is 3.58. The van der Waals surface area contributed by atoms with E-state index in [1.807, 2.05) is 56.3 Å². The summed E-state index contributed by atoms with van der Waals surface area (Å²) in [6, 6.07) is 16.9. The lowest BCUT2D eigenvalue weighted by Crippen LogP contribution is -2.29. The molecule has 1 unspecified atom stereocenters. The topological polar surface area (TPSA) is 38.3 Å². The predicted molar refractivity (Wildman–Crippen MR) is 75.2 cm³/mol. The summed E-state index contributed by atoms with van der Waals surface area (Å²) in [5.74, 6) is 0.539. The molecule has 0 saturated heterocycles. The van der Waals surface area contributed by atoms with Crippen molar-refractivity contribution in [3.05, 3.63) is 65.7 Å². The fourth-order valence-electron chi connectivity index (χ4n) is 1.95. The molecule has 0 aliphatic carbocycles. The number of rotatable bonds is 3. The van der Waals surface area contributed by atoms with E-state index in [0.29, 0.717) is 5.75 Å². The fourth-order valence-corrected chi connectivity index (χ4v) is 1.95. The van der Waals surface area contributed by atoms with Crippen LogP contribution in [0.2, 0.25) is 0 Å². The third-order valence-electron chi connectivity index (χ3n) is 2.94. The summed E-state index contributed by atoms with van der Waals surface area (Å²) in [6.45, 7) is 3.96. The maximum atomic E-state index is 11.8. The first-order chi connectivity index (χ1) is 9.16. The normalized spacial score (nSPS) is 11.7. The van der Waals surface area contributed by atoms with Gasteiger partial charge in [0.1, 0.15) is 5.75 Å². The lowest BCUT2D eigenvalue weighted by molar-refractivity contribution is 0.197. The molecular weight excluding hydrogens is 238 g/mol. The van der Waals surface area contributed by atoms with E-state index in [1.54, 1.807) is 12.1 Å². The fraction of sp³-hybridized carbons (Fsp3) is 0.188. The number of hydrogen-bond acceptors (Lipinski definition) is 2. The molecule has 98 valence electrons. The number of hydrogen-bond donors (Lipinski definition) is 1. The number of carbonyl (C=O) groups excluding carboxylic acids is 1. The summed E-state index contributed by atoms with van der Waals surface area (Å²) in [4.78, 5) is 11.8. The van der Waals surface area contributed by atoms with Crippen LogP contribution < -0.4 is 10.1 Å². The Bertz CT molecular complexity index is 552. The van der Waals surface area contributed by atoms with Crippen LogP contribution in [0.15, 0.2) is 54.6 Å². The molecule has 2 aromatic carbocycles. The zero-order valence-electron chi connectivity index (χ0n) is 11.1. The Balaban J connectivity index is 1.98. The number of aryl methyl sites for hydroxylation is 1. The van der Waals surface area contributed by atoms with E-state index < -0.39 is 6.09 Å². The van der Waals surface area contributed by atoms with Gasteiger partial charge in [-0.3, -0.25) is 0 Å². The van der Waals surface area contributed by atoms with Gasteiger partial charge in [-0.25, -0.2) is 4.79 Å². The number of carbonyl (C=O) groups is 1. The number of amides is 1. The lowest BCUT2D eigenvalue weighted by atomic mass is 10.0. The Hall–Kier alpha value is -2.29.